The number of carbonyl (C=O) groups is 4. The molecule has 3 aliphatic rings. The van der Waals surface area contributed by atoms with E-state index in [4.69, 9.17) is 9.47 Å². The van der Waals surface area contributed by atoms with Gasteiger partial charge in [0.15, 0.2) is 6.10 Å². The molecule has 208 valence electrons. The van der Waals surface area contributed by atoms with E-state index in [2.05, 4.69) is 10.6 Å². The lowest BCUT2D eigenvalue weighted by Crippen LogP contribution is -2.70. The van der Waals surface area contributed by atoms with Crippen LogP contribution in [0.3, 0.4) is 0 Å². The van der Waals surface area contributed by atoms with E-state index >= 15 is 0 Å². The summed E-state index contributed by atoms with van der Waals surface area (Å²) in [5, 5.41) is 4.90. The molecule has 2 aromatic carbocycles. The van der Waals surface area contributed by atoms with Crippen molar-refractivity contribution in [1.29, 1.82) is 0 Å². The Kier molecular flexibility index (Phi) is 7.71. The van der Waals surface area contributed by atoms with E-state index in [1.807, 2.05) is 60.7 Å². The molecule has 0 radical (unpaired) electrons. The Morgan fingerprint density at radius 3 is 2.23 bits per heavy atom. The molecule has 0 unspecified atom stereocenters. The number of benzene rings is 2. The predicted octanol–water partition coefficient (Wildman–Crippen LogP) is 3.83. The quantitative estimate of drug-likeness (QED) is 0.313. The van der Waals surface area contributed by atoms with Gasteiger partial charge in [0.1, 0.15) is 22.7 Å². The minimum atomic E-state index is -0.856. The number of rotatable bonds is 6. The van der Waals surface area contributed by atoms with Gasteiger partial charge in [-0.1, -0.05) is 60.7 Å². The molecule has 0 aliphatic carbocycles. The molecule has 3 amide bonds. The first-order chi connectivity index (χ1) is 19.1. The van der Waals surface area contributed by atoms with Crippen molar-refractivity contribution in [1.82, 2.24) is 15.5 Å². The van der Waals surface area contributed by atoms with Crippen molar-refractivity contribution in [2.24, 2.45) is 0 Å². The number of carbonyl (C=O) groups excluding carboxylic acids is 4. The summed E-state index contributed by atoms with van der Waals surface area (Å²) >= 11 is 1.40. The number of hydrogen-bond acceptors (Lipinski definition) is 7. The molecule has 40 heavy (non-hydrogen) atoms. The number of thioether (sulfide) groups is 1. The first kappa shape index (κ1) is 27.5. The van der Waals surface area contributed by atoms with E-state index in [1.54, 1.807) is 26.8 Å². The normalized spacial score (nSPS) is 21.6. The molecule has 3 aliphatic heterocycles. The van der Waals surface area contributed by atoms with Gasteiger partial charge < -0.3 is 20.1 Å². The Morgan fingerprint density at radius 2 is 1.68 bits per heavy atom. The number of allylic oxidation sites excluding steroid dienone is 1. The molecule has 9 nitrogen and oxygen atoms in total. The summed E-state index contributed by atoms with van der Waals surface area (Å²) in [5.41, 5.74) is 1.98. The highest BCUT2D eigenvalue weighted by Crippen LogP contribution is 2.42. The van der Waals surface area contributed by atoms with Gasteiger partial charge in [-0.15, -0.1) is 11.8 Å². The number of nitrogens with zero attached hydrogens (tertiary/aromatic N) is 1. The Morgan fingerprint density at radius 1 is 1.05 bits per heavy atom. The zero-order valence-corrected chi connectivity index (χ0v) is 23.3. The zero-order valence-electron chi connectivity index (χ0n) is 22.5. The van der Waals surface area contributed by atoms with Crippen molar-refractivity contribution in [3.05, 3.63) is 94.7 Å². The van der Waals surface area contributed by atoms with Gasteiger partial charge in [0, 0.05) is 17.9 Å². The van der Waals surface area contributed by atoms with Gasteiger partial charge in [0.05, 0.1) is 0 Å². The summed E-state index contributed by atoms with van der Waals surface area (Å²) in [5.74, 6) is -0.975. The Labute approximate surface area is 237 Å². The average molecular weight is 562 g/mol. The molecule has 2 aromatic rings. The number of ether oxygens (including phenoxy) is 2. The van der Waals surface area contributed by atoms with Gasteiger partial charge in [-0.3, -0.25) is 14.5 Å². The zero-order chi connectivity index (χ0) is 28.4. The Balaban J connectivity index is 1.47. The number of amides is 3. The standard InChI is InChI=1S/C30H31N3O6S/c1-30(2,3)39-29(37)32-22-26(35)33-23(21(17-40-27(22)33)16-20-14-15-31-25(20)34)28(36)38-24(18-10-6-4-7-11-18)19-12-8-5-9-13-19/h4-13,16,22,24,27H,14-15,17H2,1-3H3,(H,31,34)(H,32,37)/t22-,27-/m1/s1. The number of nitrogens with one attached hydrogen (secondary N) is 2. The first-order valence-electron chi connectivity index (χ1n) is 13.1. The van der Waals surface area contributed by atoms with Gasteiger partial charge in [-0.25, -0.2) is 9.59 Å². The Hall–Kier alpha value is -4.05. The van der Waals surface area contributed by atoms with Gasteiger partial charge in [0.25, 0.3) is 5.91 Å². The van der Waals surface area contributed by atoms with E-state index in [9.17, 15) is 19.2 Å². The SMILES string of the molecule is CC(C)(C)OC(=O)N[C@@H]1C(=O)N2C(C(=O)OC(c3ccccc3)c3ccccc3)=C(C=C3CCNC3=O)CS[C@H]12. The van der Waals surface area contributed by atoms with Crippen LogP contribution in [0.15, 0.2) is 83.6 Å². The van der Waals surface area contributed by atoms with Crippen molar-refractivity contribution in [3.63, 3.8) is 0 Å². The van der Waals surface area contributed by atoms with Crippen LogP contribution in [-0.2, 0) is 23.9 Å². The lowest BCUT2D eigenvalue weighted by atomic mass is 10.00. The summed E-state index contributed by atoms with van der Waals surface area (Å²) in [6.45, 7) is 5.73. The fraction of sp³-hybridized carbons (Fsp3) is 0.333. The van der Waals surface area contributed by atoms with Crippen LogP contribution < -0.4 is 10.6 Å². The second-order valence-electron chi connectivity index (χ2n) is 10.7. The van der Waals surface area contributed by atoms with Crippen LogP contribution in [0.1, 0.15) is 44.4 Å². The second-order valence-corrected chi connectivity index (χ2v) is 11.8. The molecule has 10 heteroatoms. The van der Waals surface area contributed by atoms with Crippen molar-refractivity contribution < 1.29 is 28.7 Å². The monoisotopic (exact) mass is 561 g/mol. The minimum Gasteiger partial charge on any atom is -0.448 e. The third-order valence-electron chi connectivity index (χ3n) is 6.61. The van der Waals surface area contributed by atoms with Crippen molar-refractivity contribution in [2.75, 3.05) is 12.3 Å². The van der Waals surface area contributed by atoms with Gasteiger partial charge >= 0.3 is 12.1 Å². The molecule has 0 aromatic heterocycles. The van der Waals surface area contributed by atoms with Crippen LogP contribution in [0, 0.1) is 0 Å². The fourth-order valence-corrected chi connectivity index (χ4v) is 6.12. The molecular weight excluding hydrogens is 530 g/mol. The lowest BCUT2D eigenvalue weighted by molar-refractivity contribution is -0.153. The molecule has 2 atom stereocenters. The summed E-state index contributed by atoms with van der Waals surface area (Å²) in [6.07, 6.45) is 0.783. The second kappa shape index (κ2) is 11.2. The van der Waals surface area contributed by atoms with E-state index in [0.29, 0.717) is 29.9 Å². The van der Waals surface area contributed by atoms with Crippen molar-refractivity contribution in [2.45, 2.75) is 50.3 Å². The molecule has 0 spiro atoms. The average Bonchev–Trinajstić information content (AvgIpc) is 3.34. The summed E-state index contributed by atoms with van der Waals surface area (Å²) < 4.78 is 11.5. The number of β-lactam (4-membered cyclic amide) rings is 1. The highest BCUT2D eigenvalue weighted by Gasteiger charge is 2.55. The molecule has 0 saturated carbocycles. The minimum absolute atomic E-state index is 0.0834. The first-order valence-corrected chi connectivity index (χ1v) is 14.1. The number of hydrogen-bond donors (Lipinski definition) is 2. The third-order valence-corrected chi connectivity index (χ3v) is 7.92. The van der Waals surface area contributed by atoms with Crippen LogP contribution in [0.25, 0.3) is 0 Å². The topological polar surface area (TPSA) is 114 Å². The predicted molar refractivity (Wildman–Crippen MR) is 150 cm³/mol. The maximum absolute atomic E-state index is 13.9. The summed E-state index contributed by atoms with van der Waals surface area (Å²) in [6, 6.07) is 17.9. The molecule has 2 saturated heterocycles. The molecule has 5 rings (SSSR count). The van der Waals surface area contributed by atoms with Crippen LogP contribution in [0.5, 0.6) is 0 Å². The molecule has 3 heterocycles. The molecule has 2 N–H and O–H groups in total. The largest absolute Gasteiger partial charge is 0.448 e. The Bertz CT molecular complexity index is 1340. The number of alkyl carbamates (subject to hydrolysis) is 1. The summed E-state index contributed by atoms with van der Waals surface area (Å²) in [7, 11) is 0. The molecule has 0 bridgehead atoms. The fourth-order valence-electron chi connectivity index (χ4n) is 4.81. The van der Waals surface area contributed by atoms with E-state index in [0.717, 1.165) is 11.1 Å². The van der Waals surface area contributed by atoms with E-state index in [1.165, 1.54) is 16.7 Å². The van der Waals surface area contributed by atoms with E-state index < -0.39 is 41.1 Å². The highest BCUT2D eigenvalue weighted by atomic mass is 32.2. The van der Waals surface area contributed by atoms with Gasteiger partial charge in [-0.05, 0) is 50.0 Å². The van der Waals surface area contributed by atoms with Crippen molar-refractivity contribution >= 4 is 35.6 Å². The van der Waals surface area contributed by atoms with Crippen molar-refractivity contribution in [3.8, 4) is 0 Å². The van der Waals surface area contributed by atoms with Gasteiger partial charge in [-0.2, -0.15) is 0 Å². The lowest BCUT2D eigenvalue weighted by Gasteiger charge is -2.49. The highest BCUT2D eigenvalue weighted by molar-refractivity contribution is 8.00. The number of fused-ring (bicyclic) bond motifs is 1. The van der Waals surface area contributed by atoms with Crippen LogP contribution in [0.4, 0.5) is 4.79 Å². The van der Waals surface area contributed by atoms with Crippen LogP contribution in [0.2, 0.25) is 0 Å². The van der Waals surface area contributed by atoms with Crippen LogP contribution in [-0.4, -0.2) is 58.1 Å². The molecular formula is C30H31N3O6S. The maximum Gasteiger partial charge on any atom is 0.408 e. The van der Waals surface area contributed by atoms with E-state index in [-0.39, 0.29) is 11.6 Å². The summed E-state index contributed by atoms with van der Waals surface area (Å²) in [4.78, 5) is 53.4. The van der Waals surface area contributed by atoms with Gasteiger partial charge in [0.2, 0.25) is 5.91 Å². The molecule has 2 fully saturated rings. The maximum atomic E-state index is 13.9. The smallest absolute Gasteiger partial charge is 0.408 e. The number of esters is 1. The van der Waals surface area contributed by atoms with Crippen LogP contribution >= 0.6 is 11.8 Å². The third kappa shape index (κ3) is 5.77.